The second-order valence-electron chi connectivity index (χ2n) is 6.08. The fourth-order valence-corrected chi connectivity index (χ4v) is 2.81. The number of carbonyl (C=O) groups excluding carboxylic acids is 1. The van der Waals surface area contributed by atoms with Crippen molar-refractivity contribution in [1.29, 1.82) is 0 Å². The van der Waals surface area contributed by atoms with E-state index in [1.165, 1.54) is 0 Å². The zero-order chi connectivity index (χ0) is 17.5. The van der Waals surface area contributed by atoms with Crippen LogP contribution in [0.1, 0.15) is 15.9 Å². The molecule has 0 aliphatic carbocycles. The van der Waals surface area contributed by atoms with Crippen molar-refractivity contribution in [3.05, 3.63) is 59.7 Å². The van der Waals surface area contributed by atoms with Crippen molar-refractivity contribution < 1.29 is 14.3 Å². The third-order valence-corrected chi connectivity index (χ3v) is 3.95. The van der Waals surface area contributed by atoms with Crippen molar-refractivity contribution in [3.63, 3.8) is 0 Å². The Labute approximate surface area is 144 Å². The first-order chi connectivity index (χ1) is 11.5. The molecule has 0 aliphatic rings. The lowest BCUT2D eigenvalue weighted by atomic mass is 9.90. The summed E-state index contributed by atoms with van der Waals surface area (Å²) in [5, 5.41) is 0. The molecule has 1 atom stereocenters. The third-order valence-electron chi connectivity index (χ3n) is 3.95. The number of nitrogens with zero attached hydrogens (tertiary/aromatic N) is 1. The molecule has 2 aromatic carbocycles. The molecular formula is C20H25NO3. The second kappa shape index (κ2) is 8.50. The van der Waals surface area contributed by atoms with Gasteiger partial charge >= 0.3 is 0 Å². The Morgan fingerprint density at radius 3 is 2.33 bits per heavy atom. The van der Waals surface area contributed by atoms with Gasteiger partial charge in [-0.15, -0.1) is 0 Å². The summed E-state index contributed by atoms with van der Waals surface area (Å²) in [6.07, 6.45) is 0.693. The highest BCUT2D eigenvalue weighted by molar-refractivity contribution is 6.01. The van der Waals surface area contributed by atoms with E-state index in [2.05, 4.69) is 12.1 Å². The van der Waals surface area contributed by atoms with Crippen LogP contribution >= 0.6 is 0 Å². The molecule has 0 saturated heterocycles. The van der Waals surface area contributed by atoms with Crippen LogP contribution in [0.2, 0.25) is 0 Å². The molecule has 0 heterocycles. The Balaban J connectivity index is 2.33. The van der Waals surface area contributed by atoms with E-state index in [1.807, 2.05) is 37.2 Å². The van der Waals surface area contributed by atoms with E-state index in [0.29, 0.717) is 30.0 Å². The summed E-state index contributed by atoms with van der Waals surface area (Å²) in [5.74, 6) is 1.16. The summed E-state index contributed by atoms with van der Waals surface area (Å²) >= 11 is 0. The van der Waals surface area contributed by atoms with E-state index in [1.54, 1.807) is 32.4 Å². The largest absolute Gasteiger partial charge is 0.497 e. The number of hydrogen-bond donors (Lipinski definition) is 0. The zero-order valence-electron chi connectivity index (χ0n) is 14.8. The van der Waals surface area contributed by atoms with Crippen LogP contribution in [0, 0.1) is 5.92 Å². The number of Topliss-reactive ketones (excluding diaryl/α,β-unsaturated/α-hetero) is 1. The van der Waals surface area contributed by atoms with Gasteiger partial charge in [-0.05, 0) is 44.3 Å². The maximum atomic E-state index is 13.2. The number of ether oxygens (including phenoxy) is 2. The molecule has 128 valence electrons. The van der Waals surface area contributed by atoms with Gasteiger partial charge in [0.1, 0.15) is 11.5 Å². The molecule has 0 aromatic heterocycles. The predicted octanol–water partition coefficient (Wildman–Crippen LogP) is 3.31. The molecule has 24 heavy (non-hydrogen) atoms. The lowest BCUT2D eigenvalue weighted by molar-refractivity contribution is 0.0893. The number of ketones is 1. The molecule has 2 aromatic rings. The van der Waals surface area contributed by atoms with E-state index >= 15 is 0 Å². The van der Waals surface area contributed by atoms with Crippen LogP contribution in [-0.4, -0.2) is 45.5 Å². The molecular weight excluding hydrogens is 302 g/mol. The van der Waals surface area contributed by atoms with Crippen LogP contribution in [0.3, 0.4) is 0 Å². The smallest absolute Gasteiger partial charge is 0.171 e. The second-order valence-corrected chi connectivity index (χ2v) is 6.08. The minimum Gasteiger partial charge on any atom is -0.497 e. The predicted molar refractivity (Wildman–Crippen MR) is 96.1 cm³/mol. The van der Waals surface area contributed by atoms with Gasteiger partial charge in [-0.25, -0.2) is 0 Å². The van der Waals surface area contributed by atoms with Crippen LogP contribution in [0.15, 0.2) is 48.5 Å². The van der Waals surface area contributed by atoms with Crippen molar-refractivity contribution in [2.24, 2.45) is 5.92 Å². The van der Waals surface area contributed by atoms with Gasteiger partial charge in [-0.3, -0.25) is 4.79 Å². The van der Waals surface area contributed by atoms with Crippen molar-refractivity contribution in [2.75, 3.05) is 34.9 Å². The molecule has 2 rings (SSSR count). The fraction of sp³-hybridized carbons (Fsp3) is 0.350. The average Bonchev–Trinajstić information content (AvgIpc) is 2.60. The van der Waals surface area contributed by atoms with Gasteiger partial charge < -0.3 is 14.4 Å². The first-order valence-electron chi connectivity index (χ1n) is 8.00. The topological polar surface area (TPSA) is 38.8 Å². The van der Waals surface area contributed by atoms with Crippen LogP contribution < -0.4 is 9.47 Å². The van der Waals surface area contributed by atoms with Crippen LogP contribution in [0.25, 0.3) is 0 Å². The number of carbonyl (C=O) groups is 1. The highest BCUT2D eigenvalue weighted by Crippen LogP contribution is 2.27. The average molecular weight is 327 g/mol. The highest BCUT2D eigenvalue weighted by Gasteiger charge is 2.24. The minimum atomic E-state index is -0.150. The van der Waals surface area contributed by atoms with E-state index < -0.39 is 0 Å². The molecule has 4 nitrogen and oxygen atoms in total. The standard InChI is InChI=1S/C20H25NO3/c1-21(2)14-16(12-15-8-6-5-7-9-15)20(22)18-13-17(23-3)10-11-19(18)24-4/h5-11,13,16H,12,14H2,1-4H3/t16-/m0/s1. The first-order valence-corrected chi connectivity index (χ1v) is 8.00. The highest BCUT2D eigenvalue weighted by atomic mass is 16.5. The van der Waals surface area contributed by atoms with Crippen LogP contribution in [-0.2, 0) is 6.42 Å². The van der Waals surface area contributed by atoms with E-state index in [9.17, 15) is 4.79 Å². The molecule has 0 fully saturated rings. The Bertz CT molecular complexity index is 668. The molecule has 0 spiro atoms. The Morgan fingerprint density at radius 1 is 1.04 bits per heavy atom. The summed E-state index contributed by atoms with van der Waals surface area (Å²) in [4.78, 5) is 15.2. The maximum Gasteiger partial charge on any atom is 0.171 e. The third kappa shape index (κ3) is 4.59. The summed E-state index contributed by atoms with van der Waals surface area (Å²) in [5.41, 5.74) is 1.72. The number of rotatable bonds is 8. The van der Waals surface area contributed by atoms with Gasteiger partial charge in [0.25, 0.3) is 0 Å². The Hall–Kier alpha value is -2.33. The summed E-state index contributed by atoms with van der Waals surface area (Å²) < 4.78 is 10.6. The molecule has 0 aliphatic heterocycles. The van der Waals surface area contributed by atoms with Crippen LogP contribution in [0.5, 0.6) is 11.5 Å². The lowest BCUT2D eigenvalue weighted by Gasteiger charge is -2.21. The monoisotopic (exact) mass is 327 g/mol. The quantitative estimate of drug-likeness (QED) is 0.697. The molecule has 0 N–H and O–H groups in total. The first kappa shape index (κ1) is 18.0. The molecule has 4 heteroatoms. The SMILES string of the molecule is COc1ccc(OC)c(C(=O)[C@@H](Cc2ccccc2)CN(C)C)c1. The van der Waals surface area contributed by atoms with Gasteiger partial charge in [0.15, 0.2) is 5.78 Å². The van der Waals surface area contributed by atoms with Crippen molar-refractivity contribution in [1.82, 2.24) is 4.90 Å². The van der Waals surface area contributed by atoms with Gasteiger partial charge in [-0.1, -0.05) is 30.3 Å². The number of methoxy groups -OCH3 is 2. The van der Waals surface area contributed by atoms with Gasteiger partial charge in [-0.2, -0.15) is 0 Å². The molecule has 0 amide bonds. The lowest BCUT2D eigenvalue weighted by Crippen LogP contribution is -2.30. The van der Waals surface area contributed by atoms with E-state index in [4.69, 9.17) is 9.47 Å². The fourth-order valence-electron chi connectivity index (χ4n) is 2.81. The summed E-state index contributed by atoms with van der Waals surface area (Å²) in [6.45, 7) is 0.675. The van der Waals surface area contributed by atoms with E-state index in [0.717, 1.165) is 5.56 Å². The summed E-state index contributed by atoms with van der Waals surface area (Å²) in [6, 6.07) is 15.4. The van der Waals surface area contributed by atoms with Crippen LogP contribution in [0.4, 0.5) is 0 Å². The molecule has 0 radical (unpaired) electrons. The van der Waals surface area contributed by atoms with E-state index in [-0.39, 0.29) is 11.7 Å². The van der Waals surface area contributed by atoms with Crippen molar-refractivity contribution >= 4 is 5.78 Å². The van der Waals surface area contributed by atoms with Gasteiger partial charge in [0.05, 0.1) is 19.8 Å². The Kier molecular flexibility index (Phi) is 6.38. The number of benzene rings is 2. The minimum absolute atomic E-state index is 0.0725. The molecule has 0 unspecified atom stereocenters. The normalized spacial score (nSPS) is 12.0. The zero-order valence-corrected chi connectivity index (χ0v) is 14.8. The van der Waals surface area contributed by atoms with Gasteiger partial charge in [0, 0.05) is 12.5 Å². The molecule has 0 saturated carbocycles. The maximum absolute atomic E-state index is 13.2. The number of hydrogen-bond acceptors (Lipinski definition) is 4. The van der Waals surface area contributed by atoms with Crippen molar-refractivity contribution in [2.45, 2.75) is 6.42 Å². The van der Waals surface area contributed by atoms with Crippen molar-refractivity contribution in [3.8, 4) is 11.5 Å². The summed E-state index contributed by atoms with van der Waals surface area (Å²) in [7, 11) is 7.14. The van der Waals surface area contributed by atoms with Gasteiger partial charge in [0.2, 0.25) is 0 Å². The Morgan fingerprint density at radius 2 is 1.75 bits per heavy atom. The molecule has 0 bridgehead atoms.